The molecule has 0 radical (unpaired) electrons. The van der Waals surface area contributed by atoms with Crippen LogP contribution in [0.5, 0.6) is 0 Å². The normalized spacial score (nSPS) is 13.1. The fourth-order valence-electron chi connectivity index (χ4n) is 3.29. The molecule has 0 spiro atoms. The molecule has 2 aromatic heterocycles. The van der Waals surface area contributed by atoms with E-state index < -0.39 is 17.4 Å². The largest absolute Gasteiger partial charge is 0.467 e. The monoisotopic (exact) mass is 381 g/mol. The quantitative estimate of drug-likeness (QED) is 0.655. The third-order valence-electron chi connectivity index (χ3n) is 4.71. The molecule has 1 unspecified atom stereocenters. The van der Waals surface area contributed by atoms with E-state index in [-0.39, 0.29) is 5.71 Å². The van der Waals surface area contributed by atoms with Crippen molar-refractivity contribution >= 4 is 23.0 Å². The van der Waals surface area contributed by atoms with E-state index in [0.717, 1.165) is 5.56 Å². The lowest BCUT2D eigenvalue weighted by Gasteiger charge is -2.27. The van der Waals surface area contributed by atoms with Crippen LogP contribution in [0.15, 0.2) is 40.9 Å². The van der Waals surface area contributed by atoms with E-state index in [9.17, 15) is 9.59 Å². The fourth-order valence-corrected chi connectivity index (χ4v) is 3.29. The van der Waals surface area contributed by atoms with E-state index >= 15 is 0 Å². The van der Waals surface area contributed by atoms with Gasteiger partial charge < -0.3 is 14.6 Å². The molecule has 1 N–H and O–H groups in total. The standard InChI is InChI=1S/C21H23N3O4/c1-5-11-21(3,20(26)27-4)23-18(25)15-12-16(14-9-7-6-8-10-14)22-19-17(15)13(2)24-28-19/h6-10,12H,5,11H2,1-4H3,(H,23,25). The van der Waals surface area contributed by atoms with Crippen molar-refractivity contribution in [3.8, 4) is 11.3 Å². The van der Waals surface area contributed by atoms with Gasteiger partial charge in [0.25, 0.3) is 11.6 Å². The molecule has 7 heteroatoms. The molecule has 0 saturated heterocycles. The number of hydrogen-bond donors (Lipinski definition) is 1. The van der Waals surface area contributed by atoms with E-state index in [0.29, 0.717) is 35.2 Å². The Labute approximate surface area is 163 Å². The number of benzene rings is 1. The second-order valence-corrected chi connectivity index (χ2v) is 6.90. The number of nitrogens with one attached hydrogen (secondary N) is 1. The number of fused-ring (bicyclic) bond motifs is 1. The Morgan fingerprint density at radius 2 is 1.96 bits per heavy atom. The molecule has 0 saturated carbocycles. The zero-order valence-electron chi connectivity index (χ0n) is 16.4. The second kappa shape index (κ2) is 7.80. The number of nitrogens with zero attached hydrogens (tertiary/aromatic N) is 2. The Hall–Kier alpha value is -3.22. The first-order valence-corrected chi connectivity index (χ1v) is 9.13. The summed E-state index contributed by atoms with van der Waals surface area (Å²) in [6, 6.07) is 11.2. The van der Waals surface area contributed by atoms with Crippen LogP contribution in [0.25, 0.3) is 22.4 Å². The van der Waals surface area contributed by atoms with Crippen LogP contribution < -0.4 is 5.32 Å². The van der Waals surface area contributed by atoms with Gasteiger partial charge in [0.05, 0.1) is 29.4 Å². The second-order valence-electron chi connectivity index (χ2n) is 6.90. The maximum absolute atomic E-state index is 13.2. The Bertz CT molecular complexity index is 1010. The highest BCUT2D eigenvalue weighted by molar-refractivity contribution is 6.08. The SMILES string of the molecule is CCCC(C)(NC(=O)c1cc(-c2ccccc2)nc2onc(C)c12)C(=O)OC. The number of esters is 1. The number of ether oxygens (including phenoxy) is 1. The highest BCUT2D eigenvalue weighted by Crippen LogP contribution is 2.27. The van der Waals surface area contributed by atoms with Crippen molar-refractivity contribution in [2.75, 3.05) is 7.11 Å². The summed E-state index contributed by atoms with van der Waals surface area (Å²) >= 11 is 0. The van der Waals surface area contributed by atoms with Gasteiger partial charge in [-0.05, 0) is 26.3 Å². The third kappa shape index (κ3) is 3.60. The molecule has 0 aliphatic carbocycles. The van der Waals surface area contributed by atoms with Crippen LogP contribution in [0.1, 0.15) is 42.7 Å². The number of hydrogen-bond acceptors (Lipinski definition) is 6. The molecule has 7 nitrogen and oxygen atoms in total. The summed E-state index contributed by atoms with van der Waals surface area (Å²) in [5.74, 6) is -0.893. The lowest BCUT2D eigenvalue weighted by molar-refractivity contribution is -0.147. The van der Waals surface area contributed by atoms with Crippen LogP contribution in [-0.4, -0.2) is 34.7 Å². The molecule has 0 bridgehead atoms. The predicted octanol–water partition coefficient (Wildman–Crippen LogP) is 3.66. The molecular formula is C21H23N3O4. The zero-order chi connectivity index (χ0) is 20.3. The number of amides is 1. The van der Waals surface area contributed by atoms with Gasteiger partial charge in [-0.2, -0.15) is 0 Å². The number of aryl methyl sites for hydroxylation is 1. The summed E-state index contributed by atoms with van der Waals surface area (Å²) in [7, 11) is 1.31. The van der Waals surface area contributed by atoms with Gasteiger partial charge >= 0.3 is 5.97 Å². The van der Waals surface area contributed by atoms with E-state index in [1.807, 2.05) is 37.3 Å². The van der Waals surface area contributed by atoms with Crippen molar-refractivity contribution < 1.29 is 18.8 Å². The van der Waals surface area contributed by atoms with E-state index in [1.54, 1.807) is 19.9 Å². The molecule has 1 aromatic carbocycles. The third-order valence-corrected chi connectivity index (χ3v) is 4.71. The maximum atomic E-state index is 13.2. The van der Waals surface area contributed by atoms with Gasteiger partial charge in [0.1, 0.15) is 5.54 Å². The van der Waals surface area contributed by atoms with Crippen molar-refractivity contribution in [2.45, 2.75) is 39.2 Å². The van der Waals surface area contributed by atoms with Gasteiger partial charge in [-0.15, -0.1) is 0 Å². The van der Waals surface area contributed by atoms with E-state index in [4.69, 9.17) is 9.26 Å². The molecule has 146 valence electrons. The van der Waals surface area contributed by atoms with Crippen molar-refractivity contribution in [1.82, 2.24) is 15.5 Å². The Balaban J connectivity index is 2.09. The molecule has 3 aromatic rings. The van der Waals surface area contributed by atoms with Crippen molar-refractivity contribution in [3.05, 3.63) is 47.7 Å². The molecular weight excluding hydrogens is 358 g/mol. The molecule has 1 amide bonds. The highest BCUT2D eigenvalue weighted by atomic mass is 16.5. The number of aromatic nitrogens is 2. The highest BCUT2D eigenvalue weighted by Gasteiger charge is 2.36. The summed E-state index contributed by atoms with van der Waals surface area (Å²) < 4.78 is 10.2. The molecule has 0 fully saturated rings. The minimum absolute atomic E-state index is 0.277. The molecule has 28 heavy (non-hydrogen) atoms. The van der Waals surface area contributed by atoms with Crippen LogP contribution in [0.4, 0.5) is 0 Å². The van der Waals surface area contributed by atoms with Crippen molar-refractivity contribution in [1.29, 1.82) is 0 Å². The topological polar surface area (TPSA) is 94.3 Å². The number of methoxy groups -OCH3 is 1. The lowest BCUT2D eigenvalue weighted by Crippen LogP contribution is -2.52. The molecule has 0 aliphatic heterocycles. The summed E-state index contributed by atoms with van der Waals surface area (Å²) in [6.45, 7) is 5.35. The summed E-state index contributed by atoms with van der Waals surface area (Å²) in [5.41, 5.74) is 1.49. The zero-order valence-corrected chi connectivity index (χ0v) is 16.4. The van der Waals surface area contributed by atoms with Crippen molar-refractivity contribution in [2.24, 2.45) is 0 Å². The minimum Gasteiger partial charge on any atom is -0.467 e. The Morgan fingerprint density at radius 3 is 2.61 bits per heavy atom. The average Bonchev–Trinajstić information content (AvgIpc) is 3.08. The predicted molar refractivity (Wildman–Crippen MR) is 105 cm³/mol. The Morgan fingerprint density at radius 1 is 1.25 bits per heavy atom. The van der Waals surface area contributed by atoms with Crippen LogP contribution in [0.2, 0.25) is 0 Å². The van der Waals surface area contributed by atoms with Crippen molar-refractivity contribution in [3.63, 3.8) is 0 Å². The van der Waals surface area contributed by atoms with Crippen LogP contribution in [-0.2, 0) is 9.53 Å². The molecule has 1 atom stereocenters. The van der Waals surface area contributed by atoms with Gasteiger partial charge in [-0.25, -0.2) is 9.78 Å². The lowest BCUT2D eigenvalue weighted by atomic mass is 9.95. The number of pyridine rings is 1. The van der Waals surface area contributed by atoms with Gasteiger partial charge in [-0.1, -0.05) is 48.8 Å². The van der Waals surface area contributed by atoms with E-state index in [2.05, 4.69) is 15.5 Å². The number of rotatable bonds is 6. The van der Waals surface area contributed by atoms with Crippen LogP contribution in [0.3, 0.4) is 0 Å². The van der Waals surface area contributed by atoms with Crippen LogP contribution >= 0.6 is 0 Å². The molecule has 0 aliphatic rings. The molecule has 3 rings (SSSR count). The summed E-state index contributed by atoms with van der Waals surface area (Å²) in [6.07, 6.45) is 1.16. The first-order chi connectivity index (χ1) is 13.4. The first kappa shape index (κ1) is 19.5. The van der Waals surface area contributed by atoms with Gasteiger partial charge in [0.15, 0.2) is 0 Å². The number of carbonyl (C=O) groups is 2. The average molecular weight is 381 g/mol. The fraction of sp³-hybridized carbons (Fsp3) is 0.333. The van der Waals surface area contributed by atoms with Gasteiger partial charge in [0.2, 0.25) is 0 Å². The Kier molecular flexibility index (Phi) is 5.44. The minimum atomic E-state index is -1.13. The maximum Gasteiger partial charge on any atom is 0.331 e. The smallest absolute Gasteiger partial charge is 0.331 e. The summed E-state index contributed by atoms with van der Waals surface area (Å²) in [4.78, 5) is 30.0. The van der Waals surface area contributed by atoms with Gasteiger partial charge in [-0.3, -0.25) is 4.79 Å². The number of carbonyl (C=O) groups excluding carboxylic acids is 2. The molecule has 2 heterocycles. The van der Waals surface area contributed by atoms with Crippen LogP contribution in [0, 0.1) is 6.92 Å². The first-order valence-electron chi connectivity index (χ1n) is 9.13. The summed E-state index contributed by atoms with van der Waals surface area (Å²) in [5, 5.41) is 7.32. The van der Waals surface area contributed by atoms with E-state index in [1.165, 1.54) is 7.11 Å². The van der Waals surface area contributed by atoms with Gasteiger partial charge in [0, 0.05) is 5.56 Å².